The highest BCUT2D eigenvalue weighted by molar-refractivity contribution is 7.13. The van der Waals surface area contributed by atoms with Crippen LogP contribution in [0.15, 0.2) is 10.4 Å². The Balaban J connectivity index is 1.66. The zero-order valence-electron chi connectivity index (χ0n) is 16.3. The standard InChI is InChI=1S/C19H35N5S/c1-15(2)8-7-9-16(3)22-18(20-4)21-11-10-17-14-25-19(23-17)24-12-5-6-13-24/h14-16H,5-13H2,1-4H3,(H2,20,21,22). The number of aromatic nitrogens is 1. The molecule has 1 aromatic heterocycles. The zero-order valence-corrected chi connectivity index (χ0v) is 17.2. The van der Waals surface area contributed by atoms with Gasteiger partial charge in [-0.2, -0.15) is 0 Å². The molecule has 0 amide bonds. The molecule has 25 heavy (non-hydrogen) atoms. The van der Waals surface area contributed by atoms with E-state index in [1.165, 1.54) is 42.9 Å². The fourth-order valence-electron chi connectivity index (χ4n) is 3.11. The molecule has 0 aliphatic carbocycles. The summed E-state index contributed by atoms with van der Waals surface area (Å²) in [6.07, 6.45) is 7.28. The molecule has 1 atom stereocenters. The summed E-state index contributed by atoms with van der Waals surface area (Å²) in [6.45, 7) is 9.99. The quantitative estimate of drug-likeness (QED) is 0.518. The highest BCUT2D eigenvalue weighted by Gasteiger charge is 2.15. The summed E-state index contributed by atoms with van der Waals surface area (Å²) in [6, 6.07) is 0.450. The van der Waals surface area contributed by atoms with Gasteiger partial charge in [-0.05, 0) is 32.1 Å². The van der Waals surface area contributed by atoms with E-state index in [2.05, 4.69) is 46.7 Å². The molecule has 6 heteroatoms. The van der Waals surface area contributed by atoms with Crippen molar-refractivity contribution in [1.82, 2.24) is 15.6 Å². The van der Waals surface area contributed by atoms with Gasteiger partial charge in [-0.3, -0.25) is 4.99 Å². The Labute approximate surface area is 157 Å². The highest BCUT2D eigenvalue weighted by atomic mass is 32.1. The minimum Gasteiger partial charge on any atom is -0.356 e. The Bertz CT molecular complexity index is 520. The van der Waals surface area contributed by atoms with Gasteiger partial charge >= 0.3 is 0 Å². The van der Waals surface area contributed by atoms with Crippen molar-refractivity contribution < 1.29 is 0 Å². The molecule has 0 radical (unpaired) electrons. The molecule has 142 valence electrons. The topological polar surface area (TPSA) is 52.6 Å². The molecule has 2 heterocycles. The van der Waals surface area contributed by atoms with Crippen LogP contribution in [0.3, 0.4) is 0 Å². The Morgan fingerprint density at radius 2 is 2.04 bits per heavy atom. The van der Waals surface area contributed by atoms with Gasteiger partial charge in [-0.15, -0.1) is 11.3 Å². The summed E-state index contributed by atoms with van der Waals surface area (Å²) >= 11 is 1.77. The van der Waals surface area contributed by atoms with Crippen molar-refractivity contribution in [2.24, 2.45) is 10.9 Å². The first-order valence-corrected chi connectivity index (χ1v) is 10.6. The summed E-state index contributed by atoms with van der Waals surface area (Å²) in [4.78, 5) is 11.5. The normalized spacial score (nSPS) is 16.5. The van der Waals surface area contributed by atoms with Crippen molar-refractivity contribution >= 4 is 22.4 Å². The van der Waals surface area contributed by atoms with Gasteiger partial charge < -0.3 is 15.5 Å². The van der Waals surface area contributed by atoms with E-state index in [1.54, 1.807) is 11.3 Å². The fraction of sp³-hybridized carbons (Fsp3) is 0.789. The molecule has 0 aromatic carbocycles. The van der Waals surface area contributed by atoms with Gasteiger partial charge in [-0.25, -0.2) is 4.98 Å². The number of thiazole rings is 1. The lowest BCUT2D eigenvalue weighted by Crippen LogP contribution is -2.42. The second-order valence-corrected chi connectivity index (χ2v) is 8.27. The summed E-state index contributed by atoms with van der Waals surface area (Å²) in [5.41, 5.74) is 1.18. The summed E-state index contributed by atoms with van der Waals surface area (Å²) < 4.78 is 0. The Kier molecular flexibility index (Phi) is 8.52. The number of aliphatic imine (C=N–C) groups is 1. The van der Waals surface area contributed by atoms with Crippen molar-refractivity contribution in [2.45, 2.75) is 65.3 Å². The van der Waals surface area contributed by atoms with Crippen LogP contribution in [-0.2, 0) is 6.42 Å². The molecule has 1 fully saturated rings. The van der Waals surface area contributed by atoms with Gasteiger partial charge in [0.2, 0.25) is 0 Å². The molecule has 1 aliphatic heterocycles. The lowest BCUT2D eigenvalue weighted by atomic mass is 10.0. The number of nitrogens with one attached hydrogen (secondary N) is 2. The van der Waals surface area contributed by atoms with Gasteiger partial charge in [0.1, 0.15) is 0 Å². The highest BCUT2D eigenvalue weighted by Crippen LogP contribution is 2.24. The number of hydrogen-bond donors (Lipinski definition) is 2. The van der Waals surface area contributed by atoms with E-state index in [1.807, 2.05) is 7.05 Å². The summed E-state index contributed by atoms with van der Waals surface area (Å²) in [5, 5.41) is 10.3. The molecule has 0 spiro atoms. The van der Waals surface area contributed by atoms with E-state index in [0.29, 0.717) is 6.04 Å². The van der Waals surface area contributed by atoms with Gasteiger partial charge in [0.15, 0.2) is 11.1 Å². The van der Waals surface area contributed by atoms with Crippen molar-refractivity contribution in [2.75, 3.05) is 31.6 Å². The van der Waals surface area contributed by atoms with Crippen LogP contribution >= 0.6 is 11.3 Å². The van der Waals surface area contributed by atoms with Crippen LogP contribution in [0.4, 0.5) is 5.13 Å². The monoisotopic (exact) mass is 365 g/mol. The summed E-state index contributed by atoms with van der Waals surface area (Å²) in [7, 11) is 1.84. The maximum atomic E-state index is 4.78. The van der Waals surface area contributed by atoms with Crippen LogP contribution in [0.1, 0.15) is 58.6 Å². The lowest BCUT2D eigenvalue weighted by Gasteiger charge is -2.18. The molecule has 2 rings (SSSR count). The van der Waals surface area contributed by atoms with E-state index in [-0.39, 0.29) is 0 Å². The van der Waals surface area contributed by atoms with Crippen LogP contribution in [0.2, 0.25) is 0 Å². The number of anilines is 1. The van der Waals surface area contributed by atoms with Crippen LogP contribution in [0, 0.1) is 5.92 Å². The average Bonchev–Trinajstić information content (AvgIpc) is 3.24. The van der Waals surface area contributed by atoms with Crippen LogP contribution in [-0.4, -0.2) is 43.7 Å². The predicted octanol–water partition coefficient (Wildman–Crippen LogP) is 3.67. The third-order valence-corrected chi connectivity index (χ3v) is 5.57. The van der Waals surface area contributed by atoms with Crippen LogP contribution < -0.4 is 15.5 Å². The first-order chi connectivity index (χ1) is 12.1. The van der Waals surface area contributed by atoms with E-state index in [9.17, 15) is 0 Å². The Hall–Kier alpha value is -1.30. The van der Waals surface area contributed by atoms with E-state index in [4.69, 9.17) is 4.98 Å². The van der Waals surface area contributed by atoms with E-state index in [0.717, 1.165) is 37.9 Å². The molecule has 1 unspecified atom stereocenters. The summed E-state index contributed by atoms with van der Waals surface area (Å²) in [5.74, 6) is 1.68. The SMILES string of the molecule is CN=C(NCCc1csc(N2CCCC2)n1)NC(C)CCCC(C)C. The number of rotatable bonds is 9. The zero-order chi connectivity index (χ0) is 18.1. The van der Waals surface area contributed by atoms with Gasteiger partial charge in [0.05, 0.1) is 5.69 Å². The van der Waals surface area contributed by atoms with Crippen molar-refractivity contribution in [3.8, 4) is 0 Å². The number of guanidine groups is 1. The molecule has 5 nitrogen and oxygen atoms in total. The number of hydrogen-bond acceptors (Lipinski definition) is 4. The lowest BCUT2D eigenvalue weighted by molar-refractivity contribution is 0.491. The molecule has 0 saturated carbocycles. The van der Waals surface area contributed by atoms with Crippen LogP contribution in [0.25, 0.3) is 0 Å². The largest absolute Gasteiger partial charge is 0.356 e. The van der Waals surface area contributed by atoms with Crippen molar-refractivity contribution in [3.63, 3.8) is 0 Å². The second-order valence-electron chi connectivity index (χ2n) is 7.43. The molecule has 2 N–H and O–H groups in total. The van der Waals surface area contributed by atoms with Gasteiger partial charge in [-0.1, -0.05) is 26.7 Å². The molecule has 1 aliphatic rings. The minimum atomic E-state index is 0.450. The first kappa shape index (κ1) is 20.0. The van der Waals surface area contributed by atoms with E-state index < -0.39 is 0 Å². The second kappa shape index (κ2) is 10.6. The molecule has 0 bridgehead atoms. The Morgan fingerprint density at radius 1 is 1.28 bits per heavy atom. The average molecular weight is 366 g/mol. The van der Waals surface area contributed by atoms with E-state index >= 15 is 0 Å². The minimum absolute atomic E-state index is 0.450. The molecule has 1 aromatic rings. The van der Waals surface area contributed by atoms with Gasteiger partial charge in [0, 0.05) is 44.5 Å². The smallest absolute Gasteiger partial charge is 0.191 e. The van der Waals surface area contributed by atoms with Gasteiger partial charge in [0.25, 0.3) is 0 Å². The predicted molar refractivity (Wildman–Crippen MR) is 110 cm³/mol. The fourth-order valence-corrected chi connectivity index (χ4v) is 4.02. The molecule has 1 saturated heterocycles. The van der Waals surface area contributed by atoms with Crippen molar-refractivity contribution in [3.05, 3.63) is 11.1 Å². The van der Waals surface area contributed by atoms with Crippen LogP contribution in [0.5, 0.6) is 0 Å². The molecular formula is C19H35N5S. The number of nitrogens with zero attached hydrogens (tertiary/aromatic N) is 3. The Morgan fingerprint density at radius 3 is 2.72 bits per heavy atom. The maximum absolute atomic E-state index is 4.78. The molecular weight excluding hydrogens is 330 g/mol. The third-order valence-electron chi connectivity index (χ3n) is 4.62. The third kappa shape index (κ3) is 7.22. The first-order valence-electron chi connectivity index (χ1n) is 9.75. The van der Waals surface area contributed by atoms with Crippen molar-refractivity contribution in [1.29, 1.82) is 0 Å². The maximum Gasteiger partial charge on any atom is 0.191 e.